The molecule has 2 heteroatoms. The van der Waals surface area contributed by atoms with Crippen molar-refractivity contribution < 1.29 is 8.78 Å². The van der Waals surface area contributed by atoms with Crippen LogP contribution in [0.5, 0.6) is 0 Å². The van der Waals surface area contributed by atoms with Gasteiger partial charge in [-0.05, 0) is 35.4 Å². The van der Waals surface area contributed by atoms with Crippen LogP contribution in [0.2, 0.25) is 0 Å². The summed E-state index contributed by atoms with van der Waals surface area (Å²) in [5.74, 6) is -2.15. The Bertz CT molecular complexity index is 548. The topological polar surface area (TPSA) is 0 Å². The summed E-state index contributed by atoms with van der Waals surface area (Å²) in [6.07, 6.45) is 1.24. The van der Waals surface area contributed by atoms with Gasteiger partial charge in [-0.3, -0.25) is 0 Å². The largest absolute Gasteiger partial charge is 0.248 e. The standard InChI is InChI=1S/C18H18F2/c19-18(20)12-10-17(11-13-18)16-8-6-15(7-9-16)14-4-2-1-3-5-14/h1-9,17H,10-13H2. The molecule has 1 saturated carbocycles. The van der Waals surface area contributed by atoms with E-state index in [0.717, 1.165) is 0 Å². The van der Waals surface area contributed by atoms with Crippen molar-refractivity contribution in [3.8, 4) is 11.1 Å². The van der Waals surface area contributed by atoms with Crippen molar-refractivity contribution in [3.05, 3.63) is 60.2 Å². The predicted octanol–water partition coefficient (Wildman–Crippen LogP) is 5.65. The van der Waals surface area contributed by atoms with Gasteiger partial charge in [-0.2, -0.15) is 0 Å². The molecule has 0 N–H and O–H groups in total. The lowest BCUT2D eigenvalue weighted by Gasteiger charge is -2.28. The minimum atomic E-state index is -2.44. The Morgan fingerprint density at radius 1 is 0.750 bits per heavy atom. The third-order valence-electron chi connectivity index (χ3n) is 4.21. The molecule has 20 heavy (non-hydrogen) atoms. The summed E-state index contributed by atoms with van der Waals surface area (Å²) in [6, 6.07) is 18.6. The molecule has 0 bridgehead atoms. The Morgan fingerprint density at radius 3 is 1.90 bits per heavy atom. The van der Waals surface area contributed by atoms with E-state index >= 15 is 0 Å². The van der Waals surface area contributed by atoms with E-state index in [1.54, 1.807) is 0 Å². The second kappa shape index (κ2) is 5.35. The second-order valence-corrected chi connectivity index (χ2v) is 5.62. The Hall–Kier alpha value is -1.70. The zero-order valence-corrected chi connectivity index (χ0v) is 11.4. The van der Waals surface area contributed by atoms with Crippen LogP contribution >= 0.6 is 0 Å². The SMILES string of the molecule is FC1(F)CCC(c2ccc(-c3ccccc3)cc2)CC1. The maximum atomic E-state index is 13.2. The zero-order valence-electron chi connectivity index (χ0n) is 11.4. The van der Waals surface area contributed by atoms with Crippen molar-refractivity contribution in [1.29, 1.82) is 0 Å². The maximum Gasteiger partial charge on any atom is 0.248 e. The molecule has 0 atom stereocenters. The summed E-state index contributed by atoms with van der Waals surface area (Å²) in [5, 5.41) is 0. The van der Waals surface area contributed by atoms with Gasteiger partial charge in [-0.15, -0.1) is 0 Å². The van der Waals surface area contributed by atoms with Gasteiger partial charge >= 0.3 is 0 Å². The highest BCUT2D eigenvalue weighted by Crippen LogP contribution is 2.41. The first-order valence-corrected chi connectivity index (χ1v) is 7.17. The maximum absolute atomic E-state index is 13.2. The number of benzene rings is 2. The Balaban J connectivity index is 1.74. The molecular formula is C18H18F2. The van der Waals surface area contributed by atoms with Crippen LogP contribution in [0.4, 0.5) is 8.78 Å². The summed E-state index contributed by atoms with van der Waals surface area (Å²) >= 11 is 0. The van der Waals surface area contributed by atoms with Crippen molar-refractivity contribution in [2.24, 2.45) is 0 Å². The molecule has 1 fully saturated rings. The van der Waals surface area contributed by atoms with Gasteiger partial charge in [0.15, 0.2) is 0 Å². The van der Waals surface area contributed by atoms with Crippen LogP contribution in [0, 0.1) is 0 Å². The van der Waals surface area contributed by atoms with Crippen molar-refractivity contribution in [2.45, 2.75) is 37.5 Å². The summed E-state index contributed by atoms with van der Waals surface area (Å²) in [5.41, 5.74) is 3.56. The van der Waals surface area contributed by atoms with Crippen molar-refractivity contribution in [3.63, 3.8) is 0 Å². The molecule has 3 rings (SSSR count). The van der Waals surface area contributed by atoms with Gasteiger partial charge in [-0.1, -0.05) is 54.6 Å². The molecule has 104 valence electrons. The molecule has 1 aliphatic rings. The molecular weight excluding hydrogens is 254 g/mol. The van der Waals surface area contributed by atoms with Crippen LogP contribution in [0.25, 0.3) is 11.1 Å². The fraction of sp³-hybridized carbons (Fsp3) is 0.333. The van der Waals surface area contributed by atoms with Gasteiger partial charge in [-0.25, -0.2) is 8.78 Å². The van der Waals surface area contributed by atoms with Gasteiger partial charge in [0.05, 0.1) is 0 Å². The third kappa shape index (κ3) is 2.90. The fourth-order valence-electron chi connectivity index (χ4n) is 2.95. The molecule has 0 nitrogen and oxygen atoms in total. The first kappa shape index (κ1) is 13.3. The number of halogens is 2. The van der Waals surface area contributed by atoms with Gasteiger partial charge < -0.3 is 0 Å². The van der Waals surface area contributed by atoms with E-state index < -0.39 is 5.92 Å². The van der Waals surface area contributed by atoms with Crippen LogP contribution in [0.1, 0.15) is 37.2 Å². The lowest BCUT2D eigenvalue weighted by atomic mass is 9.82. The van der Waals surface area contributed by atoms with E-state index in [1.165, 1.54) is 16.7 Å². The fourth-order valence-corrected chi connectivity index (χ4v) is 2.95. The van der Waals surface area contributed by atoms with Crippen LogP contribution in [-0.4, -0.2) is 5.92 Å². The van der Waals surface area contributed by atoms with E-state index in [-0.39, 0.29) is 12.8 Å². The molecule has 0 heterocycles. The van der Waals surface area contributed by atoms with E-state index in [4.69, 9.17) is 0 Å². The Kier molecular flexibility index (Phi) is 3.56. The van der Waals surface area contributed by atoms with Gasteiger partial charge in [0.2, 0.25) is 5.92 Å². The molecule has 0 spiro atoms. The van der Waals surface area contributed by atoms with Crippen molar-refractivity contribution in [2.75, 3.05) is 0 Å². The molecule has 0 saturated heterocycles. The smallest absolute Gasteiger partial charge is 0.207 e. The van der Waals surface area contributed by atoms with Crippen molar-refractivity contribution >= 4 is 0 Å². The summed E-state index contributed by atoms with van der Waals surface area (Å²) in [4.78, 5) is 0. The summed E-state index contributed by atoms with van der Waals surface area (Å²) < 4.78 is 26.4. The molecule has 0 radical (unpaired) electrons. The van der Waals surface area contributed by atoms with E-state index in [2.05, 4.69) is 36.4 Å². The average Bonchev–Trinajstić information content (AvgIpc) is 2.48. The highest BCUT2D eigenvalue weighted by atomic mass is 19.3. The van der Waals surface area contributed by atoms with Crippen LogP contribution in [-0.2, 0) is 0 Å². The van der Waals surface area contributed by atoms with Crippen LogP contribution in [0.15, 0.2) is 54.6 Å². The molecule has 0 aliphatic heterocycles. The van der Waals surface area contributed by atoms with Crippen LogP contribution in [0.3, 0.4) is 0 Å². The van der Waals surface area contributed by atoms with Gasteiger partial charge in [0, 0.05) is 12.8 Å². The lowest BCUT2D eigenvalue weighted by Crippen LogP contribution is -2.23. The van der Waals surface area contributed by atoms with Gasteiger partial charge in [0.25, 0.3) is 0 Å². The number of hydrogen-bond donors (Lipinski definition) is 0. The first-order valence-electron chi connectivity index (χ1n) is 7.17. The number of alkyl halides is 2. The summed E-state index contributed by atoms with van der Waals surface area (Å²) in [7, 11) is 0. The Labute approximate surface area is 118 Å². The summed E-state index contributed by atoms with van der Waals surface area (Å²) in [6.45, 7) is 0. The first-order chi connectivity index (χ1) is 9.64. The third-order valence-corrected chi connectivity index (χ3v) is 4.21. The predicted molar refractivity (Wildman–Crippen MR) is 78.0 cm³/mol. The molecule has 2 aromatic carbocycles. The highest BCUT2D eigenvalue weighted by molar-refractivity contribution is 5.63. The zero-order chi connectivity index (χ0) is 14.0. The van der Waals surface area contributed by atoms with Crippen LogP contribution < -0.4 is 0 Å². The number of rotatable bonds is 2. The molecule has 1 aliphatic carbocycles. The van der Waals surface area contributed by atoms with E-state index in [0.29, 0.717) is 18.8 Å². The minimum Gasteiger partial charge on any atom is -0.207 e. The quantitative estimate of drug-likeness (QED) is 0.663. The van der Waals surface area contributed by atoms with E-state index in [9.17, 15) is 8.78 Å². The average molecular weight is 272 g/mol. The highest BCUT2D eigenvalue weighted by Gasteiger charge is 2.35. The van der Waals surface area contributed by atoms with E-state index in [1.807, 2.05) is 18.2 Å². The lowest BCUT2D eigenvalue weighted by molar-refractivity contribution is -0.0382. The van der Waals surface area contributed by atoms with Gasteiger partial charge in [0.1, 0.15) is 0 Å². The van der Waals surface area contributed by atoms with Crippen molar-refractivity contribution in [1.82, 2.24) is 0 Å². The molecule has 0 amide bonds. The molecule has 0 aromatic heterocycles. The Morgan fingerprint density at radius 2 is 1.30 bits per heavy atom. The normalized spacial score (nSPS) is 18.9. The molecule has 0 unspecified atom stereocenters. The monoisotopic (exact) mass is 272 g/mol. The minimum absolute atomic E-state index is 0.0259. The molecule has 2 aromatic rings. The number of hydrogen-bond acceptors (Lipinski definition) is 0. The second-order valence-electron chi connectivity index (χ2n) is 5.62.